The summed E-state index contributed by atoms with van der Waals surface area (Å²) in [7, 11) is 1.58. The highest BCUT2D eigenvalue weighted by molar-refractivity contribution is 5.99. The van der Waals surface area contributed by atoms with Gasteiger partial charge in [0.15, 0.2) is 5.84 Å². The molecule has 1 unspecified atom stereocenters. The molecule has 116 valence electrons. The highest BCUT2D eigenvalue weighted by atomic mass is 16.5. The van der Waals surface area contributed by atoms with Gasteiger partial charge in [-0.25, -0.2) is 0 Å². The Balaban J connectivity index is 2.20. The standard InChI is InChI=1S/C16H25N3O2/c1-12-6-4-3-5-9-19(12)11-13-7-8-15(21-2)14(10-13)16(17)18-20/h7-8,10,12,20H,3-6,9,11H2,1-2H3,(H2,17,18). The first-order chi connectivity index (χ1) is 10.2. The second-order valence-electron chi connectivity index (χ2n) is 5.69. The van der Waals surface area contributed by atoms with E-state index in [2.05, 4.69) is 17.0 Å². The number of methoxy groups -OCH3 is 1. The van der Waals surface area contributed by atoms with Crippen molar-refractivity contribution in [2.24, 2.45) is 10.9 Å². The second-order valence-corrected chi connectivity index (χ2v) is 5.69. The van der Waals surface area contributed by atoms with Gasteiger partial charge in [0.1, 0.15) is 5.75 Å². The maximum atomic E-state index is 8.90. The Kier molecular flexibility index (Phi) is 5.44. The third kappa shape index (κ3) is 3.88. The summed E-state index contributed by atoms with van der Waals surface area (Å²) in [6.07, 6.45) is 5.14. The number of nitrogens with two attached hydrogens (primary N) is 1. The number of hydrogen-bond donors (Lipinski definition) is 2. The molecule has 1 fully saturated rings. The number of rotatable bonds is 4. The van der Waals surface area contributed by atoms with Crippen molar-refractivity contribution in [1.82, 2.24) is 4.90 Å². The molecule has 0 radical (unpaired) electrons. The average Bonchev–Trinajstić information content (AvgIpc) is 2.71. The first kappa shape index (κ1) is 15.6. The molecule has 0 spiro atoms. The van der Waals surface area contributed by atoms with Crippen LogP contribution in [-0.4, -0.2) is 35.6 Å². The minimum atomic E-state index is 0.0811. The maximum absolute atomic E-state index is 8.90. The maximum Gasteiger partial charge on any atom is 0.173 e. The summed E-state index contributed by atoms with van der Waals surface area (Å²) < 4.78 is 5.27. The predicted molar refractivity (Wildman–Crippen MR) is 83.8 cm³/mol. The zero-order valence-electron chi connectivity index (χ0n) is 12.9. The van der Waals surface area contributed by atoms with E-state index in [0.29, 0.717) is 17.4 Å². The van der Waals surface area contributed by atoms with E-state index in [1.165, 1.54) is 25.7 Å². The van der Waals surface area contributed by atoms with E-state index in [9.17, 15) is 0 Å². The van der Waals surface area contributed by atoms with Crippen molar-refractivity contribution in [1.29, 1.82) is 0 Å². The monoisotopic (exact) mass is 291 g/mol. The summed E-state index contributed by atoms with van der Waals surface area (Å²) in [6, 6.07) is 6.48. The Morgan fingerprint density at radius 1 is 1.43 bits per heavy atom. The van der Waals surface area contributed by atoms with Crippen LogP contribution in [0.25, 0.3) is 0 Å². The van der Waals surface area contributed by atoms with Crippen LogP contribution >= 0.6 is 0 Å². The SMILES string of the molecule is COc1ccc(CN2CCCCCC2C)cc1C(N)=NO. The van der Waals surface area contributed by atoms with E-state index >= 15 is 0 Å². The summed E-state index contributed by atoms with van der Waals surface area (Å²) in [5.74, 6) is 0.704. The normalized spacial score (nSPS) is 21.0. The van der Waals surface area contributed by atoms with Crippen molar-refractivity contribution in [3.8, 4) is 5.75 Å². The largest absolute Gasteiger partial charge is 0.496 e. The van der Waals surface area contributed by atoms with Crippen LogP contribution < -0.4 is 10.5 Å². The van der Waals surface area contributed by atoms with Crippen LogP contribution in [0.4, 0.5) is 0 Å². The molecule has 21 heavy (non-hydrogen) atoms. The Labute approximate surface area is 126 Å². The van der Waals surface area contributed by atoms with Gasteiger partial charge < -0.3 is 15.7 Å². The van der Waals surface area contributed by atoms with Gasteiger partial charge in [-0.3, -0.25) is 4.90 Å². The van der Waals surface area contributed by atoms with Gasteiger partial charge in [-0.2, -0.15) is 0 Å². The van der Waals surface area contributed by atoms with Gasteiger partial charge in [-0.1, -0.05) is 24.1 Å². The van der Waals surface area contributed by atoms with Crippen molar-refractivity contribution in [2.45, 2.75) is 45.2 Å². The van der Waals surface area contributed by atoms with Crippen LogP contribution in [0, 0.1) is 0 Å². The Morgan fingerprint density at radius 2 is 2.24 bits per heavy atom. The molecular weight excluding hydrogens is 266 g/mol. The molecule has 0 aromatic heterocycles. The Morgan fingerprint density at radius 3 is 2.95 bits per heavy atom. The summed E-state index contributed by atoms with van der Waals surface area (Å²) in [5, 5.41) is 12.0. The number of nitrogens with zero attached hydrogens (tertiary/aromatic N) is 2. The molecular formula is C16H25N3O2. The van der Waals surface area contributed by atoms with Gasteiger partial charge >= 0.3 is 0 Å². The molecule has 1 aliphatic heterocycles. The zero-order valence-corrected chi connectivity index (χ0v) is 12.9. The number of benzene rings is 1. The molecule has 0 amide bonds. The van der Waals surface area contributed by atoms with Crippen molar-refractivity contribution in [3.05, 3.63) is 29.3 Å². The molecule has 2 rings (SSSR count). The lowest BCUT2D eigenvalue weighted by Gasteiger charge is -2.27. The topological polar surface area (TPSA) is 71.1 Å². The lowest BCUT2D eigenvalue weighted by atomic mass is 10.1. The minimum Gasteiger partial charge on any atom is -0.496 e. The molecule has 5 heteroatoms. The molecule has 0 saturated carbocycles. The first-order valence-electron chi connectivity index (χ1n) is 7.54. The fraction of sp³-hybridized carbons (Fsp3) is 0.562. The van der Waals surface area contributed by atoms with Crippen molar-refractivity contribution >= 4 is 5.84 Å². The smallest absolute Gasteiger partial charge is 0.173 e. The molecule has 1 aliphatic rings. The summed E-state index contributed by atoms with van der Waals surface area (Å²) in [6.45, 7) is 4.31. The molecule has 0 aliphatic carbocycles. The molecule has 1 aromatic rings. The van der Waals surface area contributed by atoms with E-state index in [4.69, 9.17) is 15.7 Å². The molecule has 5 nitrogen and oxygen atoms in total. The van der Waals surface area contributed by atoms with Crippen LogP contribution in [0.15, 0.2) is 23.4 Å². The lowest BCUT2D eigenvalue weighted by Crippen LogP contribution is -2.32. The fourth-order valence-corrected chi connectivity index (χ4v) is 2.91. The van der Waals surface area contributed by atoms with Crippen LogP contribution in [-0.2, 0) is 6.54 Å². The van der Waals surface area contributed by atoms with E-state index in [0.717, 1.165) is 18.7 Å². The summed E-state index contributed by atoms with van der Waals surface area (Å²) in [4.78, 5) is 2.50. The molecule has 3 N–H and O–H groups in total. The second kappa shape index (κ2) is 7.31. The highest BCUT2D eigenvalue weighted by Crippen LogP contribution is 2.23. The predicted octanol–water partition coefficient (Wildman–Crippen LogP) is 2.55. The van der Waals surface area contributed by atoms with Crippen LogP contribution in [0.3, 0.4) is 0 Å². The fourth-order valence-electron chi connectivity index (χ4n) is 2.91. The van der Waals surface area contributed by atoms with E-state index in [1.54, 1.807) is 7.11 Å². The highest BCUT2D eigenvalue weighted by Gasteiger charge is 2.18. The van der Waals surface area contributed by atoms with Gasteiger partial charge in [0.2, 0.25) is 0 Å². The van der Waals surface area contributed by atoms with Gasteiger partial charge in [0, 0.05) is 12.6 Å². The van der Waals surface area contributed by atoms with Crippen LogP contribution in [0.2, 0.25) is 0 Å². The molecule has 1 saturated heterocycles. The number of amidine groups is 1. The molecule has 1 heterocycles. The molecule has 0 bridgehead atoms. The van der Waals surface area contributed by atoms with Crippen molar-refractivity contribution < 1.29 is 9.94 Å². The zero-order chi connectivity index (χ0) is 15.2. The lowest BCUT2D eigenvalue weighted by molar-refractivity contribution is 0.205. The Bertz CT molecular complexity index is 502. The number of likely N-dealkylation sites (tertiary alicyclic amines) is 1. The van der Waals surface area contributed by atoms with Crippen molar-refractivity contribution in [2.75, 3.05) is 13.7 Å². The van der Waals surface area contributed by atoms with E-state index < -0.39 is 0 Å². The Hall–Kier alpha value is -1.75. The summed E-state index contributed by atoms with van der Waals surface area (Å²) in [5.41, 5.74) is 7.53. The number of hydrogen-bond acceptors (Lipinski definition) is 4. The molecule has 1 atom stereocenters. The quantitative estimate of drug-likeness (QED) is 0.387. The van der Waals surface area contributed by atoms with Crippen LogP contribution in [0.1, 0.15) is 43.7 Å². The van der Waals surface area contributed by atoms with Crippen molar-refractivity contribution in [3.63, 3.8) is 0 Å². The van der Waals surface area contributed by atoms with Gasteiger partial charge in [-0.05, 0) is 44.0 Å². The summed E-state index contributed by atoms with van der Waals surface area (Å²) >= 11 is 0. The molecule has 1 aromatic carbocycles. The first-order valence-corrected chi connectivity index (χ1v) is 7.54. The van der Waals surface area contributed by atoms with Gasteiger partial charge in [0.05, 0.1) is 12.7 Å². The average molecular weight is 291 g/mol. The van der Waals surface area contributed by atoms with Gasteiger partial charge in [0.25, 0.3) is 0 Å². The van der Waals surface area contributed by atoms with Gasteiger partial charge in [-0.15, -0.1) is 0 Å². The number of ether oxygens (including phenoxy) is 1. The number of oxime groups is 1. The minimum absolute atomic E-state index is 0.0811. The third-order valence-electron chi connectivity index (χ3n) is 4.22. The van der Waals surface area contributed by atoms with E-state index in [-0.39, 0.29) is 5.84 Å². The van der Waals surface area contributed by atoms with E-state index in [1.807, 2.05) is 18.2 Å². The van der Waals surface area contributed by atoms with Crippen LogP contribution in [0.5, 0.6) is 5.75 Å². The third-order valence-corrected chi connectivity index (χ3v) is 4.22.